The van der Waals surface area contributed by atoms with Crippen LogP contribution in [0.3, 0.4) is 0 Å². The molecular formula is C13H19NO3. The standard InChI is InChI=1S/C13H19NO3/c1-9-7-10(14-5-3-4-6-14)8-11(15)12(9)13(16)17-2/h8-9,12H,3-7H2,1-2H3/t9-,12+/m0/s1. The average Bonchev–Trinajstić information content (AvgIpc) is 2.81. The molecule has 0 saturated carbocycles. The number of nitrogens with zero attached hydrogens (tertiary/aromatic N) is 1. The van der Waals surface area contributed by atoms with Gasteiger partial charge in [0.1, 0.15) is 5.92 Å². The number of ketones is 1. The van der Waals surface area contributed by atoms with E-state index in [2.05, 4.69) is 9.64 Å². The zero-order valence-electron chi connectivity index (χ0n) is 10.4. The number of hydrogen-bond donors (Lipinski definition) is 0. The van der Waals surface area contributed by atoms with Crippen molar-refractivity contribution in [2.75, 3.05) is 20.2 Å². The van der Waals surface area contributed by atoms with Gasteiger partial charge in [-0.2, -0.15) is 0 Å². The van der Waals surface area contributed by atoms with E-state index in [4.69, 9.17) is 0 Å². The van der Waals surface area contributed by atoms with E-state index in [1.807, 2.05) is 6.92 Å². The highest BCUT2D eigenvalue weighted by Gasteiger charge is 2.37. The third-order valence-electron chi connectivity index (χ3n) is 3.68. The fourth-order valence-electron chi connectivity index (χ4n) is 2.74. The lowest BCUT2D eigenvalue weighted by Gasteiger charge is -2.30. The van der Waals surface area contributed by atoms with E-state index < -0.39 is 11.9 Å². The van der Waals surface area contributed by atoms with E-state index in [1.165, 1.54) is 20.0 Å². The Morgan fingerprint density at radius 3 is 2.59 bits per heavy atom. The molecule has 0 spiro atoms. The van der Waals surface area contributed by atoms with E-state index in [-0.39, 0.29) is 11.7 Å². The van der Waals surface area contributed by atoms with Crippen LogP contribution in [0.5, 0.6) is 0 Å². The molecule has 4 heteroatoms. The number of ether oxygens (including phenoxy) is 1. The molecule has 0 unspecified atom stereocenters. The van der Waals surface area contributed by atoms with Crippen molar-refractivity contribution in [3.05, 3.63) is 11.8 Å². The van der Waals surface area contributed by atoms with Crippen molar-refractivity contribution in [1.82, 2.24) is 4.90 Å². The van der Waals surface area contributed by atoms with Crippen molar-refractivity contribution in [3.8, 4) is 0 Å². The van der Waals surface area contributed by atoms with E-state index in [9.17, 15) is 9.59 Å². The van der Waals surface area contributed by atoms with Crippen LogP contribution < -0.4 is 0 Å². The minimum absolute atomic E-state index is 0.0375. The minimum atomic E-state index is -0.605. The summed E-state index contributed by atoms with van der Waals surface area (Å²) in [5.74, 6) is -1.07. The van der Waals surface area contributed by atoms with Gasteiger partial charge in [0.2, 0.25) is 0 Å². The molecule has 0 aromatic rings. The Morgan fingerprint density at radius 1 is 1.41 bits per heavy atom. The number of methoxy groups -OCH3 is 1. The van der Waals surface area contributed by atoms with Crippen molar-refractivity contribution in [3.63, 3.8) is 0 Å². The molecule has 2 atom stereocenters. The summed E-state index contributed by atoms with van der Waals surface area (Å²) in [4.78, 5) is 25.8. The Kier molecular flexibility index (Phi) is 3.50. The quantitative estimate of drug-likeness (QED) is 0.537. The molecule has 0 bridgehead atoms. The highest BCUT2D eigenvalue weighted by Crippen LogP contribution is 2.31. The molecule has 1 fully saturated rings. The second-order valence-corrected chi connectivity index (χ2v) is 4.91. The zero-order valence-corrected chi connectivity index (χ0v) is 10.4. The van der Waals surface area contributed by atoms with Gasteiger partial charge in [0, 0.05) is 24.9 Å². The number of esters is 1. The van der Waals surface area contributed by atoms with Crippen molar-refractivity contribution in [1.29, 1.82) is 0 Å². The maximum Gasteiger partial charge on any atom is 0.316 e. The number of carbonyl (C=O) groups excluding carboxylic acids is 2. The second-order valence-electron chi connectivity index (χ2n) is 4.91. The van der Waals surface area contributed by atoms with Crippen LogP contribution in [0.4, 0.5) is 0 Å². The second kappa shape index (κ2) is 4.90. The zero-order chi connectivity index (χ0) is 12.4. The SMILES string of the molecule is COC(=O)[C@H]1C(=O)C=C(N2CCCC2)C[C@@H]1C. The van der Waals surface area contributed by atoms with Crippen LogP contribution in [0.25, 0.3) is 0 Å². The fraction of sp³-hybridized carbons (Fsp3) is 0.692. The van der Waals surface area contributed by atoms with Crippen LogP contribution in [0, 0.1) is 11.8 Å². The predicted molar refractivity (Wildman–Crippen MR) is 63.2 cm³/mol. The predicted octanol–water partition coefficient (Wildman–Crippen LogP) is 1.36. The summed E-state index contributed by atoms with van der Waals surface area (Å²) >= 11 is 0. The molecule has 0 aromatic heterocycles. The molecule has 1 saturated heterocycles. The summed E-state index contributed by atoms with van der Waals surface area (Å²) in [7, 11) is 1.34. The number of hydrogen-bond acceptors (Lipinski definition) is 4. The summed E-state index contributed by atoms with van der Waals surface area (Å²) in [6.45, 7) is 4.02. The van der Waals surface area contributed by atoms with Crippen LogP contribution in [-0.4, -0.2) is 36.9 Å². The van der Waals surface area contributed by atoms with E-state index in [1.54, 1.807) is 6.08 Å². The average molecular weight is 237 g/mol. The van der Waals surface area contributed by atoms with Gasteiger partial charge in [0.25, 0.3) is 0 Å². The molecule has 2 aliphatic rings. The number of likely N-dealkylation sites (tertiary alicyclic amines) is 1. The lowest BCUT2D eigenvalue weighted by atomic mass is 9.81. The van der Waals surface area contributed by atoms with E-state index >= 15 is 0 Å². The van der Waals surface area contributed by atoms with Gasteiger partial charge in [-0.1, -0.05) is 6.92 Å². The number of rotatable bonds is 2. The molecule has 1 aliphatic heterocycles. The van der Waals surface area contributed by atoms with Crippen molar-refractivity contribution in [2.45, 2.75) is 26.2 Å². The summed E-state index contributed by atoms with van der Waals surface area (Å²) in [6, 6.07) is 0. The first-order valence-corrected chi connectivity index (χ1v) is 6.20. The van der Waals surface area contributed by atoms with Gasteiger partial charge >= 0.3 is 5.97 Å². The molecule has 0 amide bonds. The van der Waals surface area contributed by atoms with Crippen LogP contribution in [0.15, 0.2) is 11.8 Å². The normalized spacial score (nSPS) is 29.2. The Morgan fingerprint density at radius 2 is 2.06 bits per heavy atom. The summed E-state index contributed by atoms with van der Waals surface area (Å²) in [6.07, 6.45) is 4.83. The van der Waals surface area contributed by atoms with Gasteiger partial charge in [-0.05, 0) is 25.2 Å². The largest absolute Gasteiger partial charge is 0.468 e. The molecule has 94 valence electrons. The molecule has 4 nitrogen and oxygen atoms in total. The maximum atomic E-state index is 12.0. The Labute approximate surface area is 102 Å². The van der Waals surface area contributed by atoms with Crippen molar-refractivity contribution in [2.24, 2.45) is 11.8 Å². The van der Waals surface area contributed by atoms with Crippen molar-refractivity contribution >= 4 is 11.8 Å². The maximum absolute atomic E-state index is 12.0. The Hall–Kier alpha value is -1.32. The summed E-state index contributed by atoms with van der Waals surface area (Å²) in [5.41, 5.74) is 1.10. The molecule has 0 aromatic carbocycles. The molecule has 1 heterocycles. The molecular weight excluding hydrogens is 218 g/mol. The highest BCUT2D eigenvalue weighted by atomic mass is 16.5. The summed E-state index contributed by atoms with van der Waals surface area (Å²) < 4.78 is 4.69. The van der Waals surface area contributed by atoms with E-state index in [0.717, 1.165) is 25.2 Å². The van der Waals surface area contributed by atoms with Gasteiger partial charge < -0.3 is 9.64 Å². The van der Waals surface area contributed by atoms with Crippen LogP contribution in [0.1, 0.15) is 26.2 Å². The van der Waals surface area contributed by atoms with Gasteiger partial charge in [-0.15, -0.1) is 0 Å². The molecule has 2 rings (SSSR count). The molecule has 17 heavy (non-hydrogen) atoms. The van der Waals surface area contributed by atoms with Gasteiger partial charge in [0.05, 0.1) is 7.11 Å². The first kappa shape index (κ1) is 12.1. The van der Waals surface area contributed by atoms with Crippen LogP contribution in [0.2, 0.25) is 0 Å². The minimum Gasteiger partial charge on any atom is -0.468 e. The molecule has 0 N–H and O–H groups in total. The van der Waals surface area contributed by atoms with Gasteiger partial charge in [-0.25, -0.2) is 0 Å². The lowest BCUT2D eigenvalue weighted by molar-refractivity contribution is -0.150. The highest BCUT2D eigenvalue weighted by molar-refractivity contribution is 6.06. The Balaban J connectivity index is 2.14. The molecule has 0 radical (unpaired) electrons. The topological polar surface area (TPSA) is 46.6 Å². The first-order chi connectivity index (χ1) is 8.13. The smallest absolute Gasteiger partial charge is 0.316 e. The third-order valence-corrected chi connectivity index (χ3v) is 3.68. The molecule has 1 aliphatic carbocycles. The monoisotopic (exact) mass is 237 g/mol. The fourth-order valence-corrected chi connectivity index (χ4v) is 2.74. The van der Waals surface area contributed by atoms with Crippen LogP contribution in [-0.2, 0) is 14.3 Å². The van der Waals surface area contributed by atoms with Crippen molar-refractivity contribution < 1.29 is 14.3 Å². The lowest BCUT2D eigenvalue weighted by Crippen LogP contribution is -2.36. The number of allylic oxidation sites excluding steroid dienone is 2. The number of carbonyl (C=O) groups is 2. The van der Waals surface area contributed by atoms with Gasteiger partial charge in [0.15, 0.2) is 5.78 Å². The third kappa shape index (κ3) is 2.35. The Bertz CT molecular complexity index is 356. The first-order valence-electron chi connectivity index (χ1n) is 6.20. The summed E-state index contributed by atoms with van der Waals surface area (Å²) in [5, 5.41) is 0. The van der Waals surface area contributed by atoms with Gasteiger partial charge in [-0.3, -0.25) is 9.59 Å². The van der Waals surface area contributed by atoms with Crippen LogP contribution >= 0.6 is 0 Å². The van der Waals surface area contributed by atoms with E-state index in [0.29, 0.717) is 0 Å².